The molecule has 0 saturated carbocycles. The topological polar surface area (TPSA) is 53.2 Å². The van der Waals surface area contributed by atoms with Gasteiger partial charge in [-0.2, -0.15) is 0 Å². The average molecular weight is 388 g/mol. The van der Waals surface area contributed by atoms with Crippen molar-refractivity contribution in [1.29, 1.82) is 0 Å². The van der Waals surface area contributed by atoms with Crippen LogP contribution in [0.5, 0.6) is 0 Å². The molecule has 1 aliphatic heterocycles. The van der Waals surface area contributed by atoms with Gasteiger partial charge in [0, 0.05) is 28.9 Å². The van der Waals surface area contributed by atoms with Gasteiger partial charge in [-0.1, -0.05) is 54.6 Å². The van der Waals surface area contributed by atoms with E-state index in [2.05, 4.69) is 4.98 Å². The highest BCUT2D eigenvalue weighted by molar-refractivity contribution is 7.93. The molecule has 2 aromatic carbocycles. The molecule has 2 heterocycles. The Balaban J connectivity index is 1.73. The van der Waals surface area contributed by atoms with E-state index in [0.29, 0.717) is 4.91 Å². The first-order valence-electron chi connectivity index (χ1n) is 9.40. The highest BCUT2D eigenvalue weighted by Crippen LogP contribution is 2.41. The maximum atomic E-state index is 13.5. The average Bonchev–Trinajstić information content (AvgIpc) is 3.17. The molecular formula is C23H20N2O2S. The predicted molar refractivity (Wildman–Crippen MR) is 113 cm³/mol. The molecule has 1 N–H and O–H groups in total. The van der Waals surface area contributed by atoms with Crippen molar-refractivity contribution in [2.45, 2.75) is 18.9 Å². The van der Waals surface area contributed by atoms with Crippen LogP contribution in [0, 0.1) is 0 Å². The normalized spacial score (nSPS) is 18.9. The van der Waals surface area contributed by atoms with E-state index in [0.717, 1.165) is 40.4 Å². The van der Waals surface area contributed by atoms with E-state index in [1.54, 1.807) is 12.3 Å². The van der Waals surface area contributed by atoms with Crippen LogP contribution in [-0.2, 0) is 10.0 Å². The summed E-state index contributed by atoms with van der Waals surface area (Å²) in [6.07, 6.45) is 12.6. The summed E-state index contributed by atoms with van der Waals surface area (Å²) in [6, 6.07) is 15.6. The number of allylic oxidation sites excluding steroid dienone is 3. The molecule has 0 spiro atoms. The number of nitrogens with zero attached hydrogens (tertiary/aromatic N) is 1. The second-order valence-corrected chi connectivity index (χ2v) is 8.90. The van der Waals surface area contributed by atoms with Gasteiger partial charge in [0.15, 0.2) is 0 Å². The van der Waals surface area contributed by atoms with E-state index in [4.69, 9.17) is 0 Å². The quantitative estimate of drug-likeness (QED) is 0.678. The van der Waals surface area contributed by atoms with Gasteiger partial charge in [0.1, 0.15) is 0 Å². The minimum atomic E-state index is -3.66. The largest absolute Gasteiger partial charge is 0.361 e. The van der Waals surface area contributed by atoms with Crippen LogP contribution in [0.25, 0.3) is 17.0 Å². The van der Waals surface area contributed by atoms with E-state index in [1.807, 2.05) is 73.0 Å². The number of rotatable bonds is 3. The molecule has 1 atom stereocenters. The van der Waals surface area contributed by atoms with Crippen molar-refractivity contribution in [2.75, 3.05) is 0 Å². The van der Waals surface area contributed by atoms with E-state index < -0.39 is 16.1 Å². The fraction of sp³-hybridized carbons (Fsp3) is 0.130. The molecule has 1 unspecified atom stereocenters. The maximum absolute atomic E-state index is 13.5. The fourth-order valence-corrected chi connectivity index (χ4v) is 5.60. The molecule has 5 heteroatoms. The van der Waals surface area contributed by atoms with Gasteiger partial charge in [-0.25, -0.2) is 8.42 Å². The van der Waals surface area contributed by atoms with Gasteiger partial charge in [0.2, 0.25) is 0 Å². The monoisotopic (exact) mass is 388 g/mol. The van der Waals surface area contributed by atoms with Crippen LogP contribution in [0.15, 0.2) is 84.1 Å². The van der Waals surface area contributed by atoms with Crippen molar-refractivity contribution in [3.05, 3.63) is 101 Å². The van der Waals surface area contributed by atoms with Gasteiger partial charge in [-0.05, 0) is 42.2 Å². The molecule has 1 aromatic heterocycles. The highest BCUT2D eigenvalue weighted by atomic mass is 32.2. The van der Waals surface area contributed by atoms with Gasteiger partial charge >= 0.3 is 0 Å². The van der Waals surface area contributed by atoms with Crippen molar-refractivity contribution >= 4 is 27.0 Å². The molecule has 2 aliphatic rings. The molecule has 0 fully saturated rings. The third-order valence-electron chi connectivity index (χ3n) is 5.40. The lowest BCUT2D eigenvalue weighted by atomic mass is 9.92. The second-order valence-electron chi connectivity index (χ2n) is 7.06. The Morgan fingerprint density at radius 1 is 0.929 bits per heavy atom. The van der Waals surface area contributed by atoms with Gasteiger partial charge in [-0.15, -0.1) is 0 Å². The Hall–Kier alpha value is -3.05. The van der Waals surface area contributed by atoms with Gasteiger partial charge in [0.25, 0.3) is 10.0 Å². The highest BCUT2D eigenvalue weighted by Gasteiger charge is 2.36. The first-order chi connectivity index (χ1) is 13.7. The minimum Gasteiger partial charge on any atom is -0.361 e. The van der Waals surface area contributed by atoms with E-state index in [-0.39, 0.29) is 0 Å². The summed E-state index contributed by atoms with van der Waals surface area (Å²) < 4.78 is 28.6. The number of nitrogens with one attached hydrogen (secondary N) is 1. The Morgan fingerprint density at radius 3 is 2.61 bits per heavy atom. The number of para-hydroxylation sites is 1. The van der Waals surface area contributed by atoms with Gasteiger partial charge in [0.05, 0.1) is 10.9 Å². The molecule has 5 rings (SSSR count). The third-order valence-corrected chi connectivity index (χ3v) is 7.18. The summed E-state index contributed by atoms with van der Waals surface area (Å²) in [5.74, 6) is 0. The number of hydrogen-bond acceptors (Lipinski definition) is 2. The number of aromatic amines is 1. The fourth-order valence-electron chi connectivity index (χ4n) is 4.03. The molecule has 140 valence electrons. The van der Waals surface area contributed by atoms with Crippen molar-refractivity contribution in [3.63, 3.8) is 0 Å². The zero-order chi connectivity index (χ0) is 19.1. The zero-order valence-electron chi connectivity index (χ0n) is 15.2. The van der Waals surface area contributed by atoms with Crippen LogP contribution in [0.2, 0.25) is 0 Å². The molecule has 3 aromatic rings. The second kappa shape index (κ2) is 6.53. The Kier molecular flexibility index (Phi) is 3.98. The lowest BCUT2D eigenvalue weighted by Gasteiger charge is -2.34. The molecule has 1 aliphatic carbocycles. The number of sulfonamides is 1. The molecule has 0 bridgehead atoms. The zero-order valence-corrected chi connectivity index (χ0v) is 16.1. The van der Waals surface area contributed by atoms with Crippen LogP contribution in [-0.4, -0.2) is 17.7 Å². The van der Waals surface area contributed by atoms with Gasteiger partial charge < -0.3 is 4.98 Å². The third kappa shape index (κ3) is 2.62. The van der Waals surface area contributed by atoms with Crippen molar-refractivity contribution in [2.24, 2.45) is 0 Å². The Labute approximate surface area is 164 Å². The number of hydrogen-bond donors (Lipinski definition) is 1. The minimum absolute atomic E-state index is 0.368. The summed E-state index contributed by atoms with van der Waals surface area (Å²) in [5.41, 5.74) is 3.98. The van der Waals surface area contributed by atoms with Crippen LogP contribution in [0.3, 0.4) is 0 Å². The standard InChI is InChI=1S/C23H20N2O2S/c26-28(27,18-9-2-1-3-10-18)25-15-14-17-8-4-5-11-19(17)23(25)21-16-24-22-13-7-6-12-20(21)22/h2,4-16,23-24H,1,3H2. The molecule has 0 amide bonds. The van der Waals surface area contributed by atoms with Crippen molar-refractivity contribution in [1.82, 2.24) is 9.29 Å². The van der Waals surface area contributed by atoms with Crippen molar-refractivity contribution < 1.29 is 8.42 Å². The SMILES string of the molecule is O=S(=O)(C1=CCCC=C1)N1C=Cc2ccccc2C1c1c[nH]c2ccccc12. The van der Waals surface area contributed by atoms with Crippen molar-refractivity contribution in [3.8, 4) is 0 Å². The van der Waals surface area contributed by atoms with E-state index in [1.165, 1.54) is 4.31 Å². The summed E-state index contributed by atoms with van der Waals surface area (Å²) in [7, 11) is -3.66. The number of benzene rings is 2. The number of H-pyrrole nitrogens is 1. The lowest BCUT2D eigenvalue weighted by molar-refractivity contribution is 0.454. The molecule has 0 radical (unpaired) electrons. The van der Waals surface area contributed by atoms with Gasteiger partial charge in [-0.3, -0.25) is 4.31 Å². The van der Waals surface area contributed by atoms with Crippen LogP contribution in [0.1, 0.15) is 35.6 Å². The van der Waals surface area contributed by atoms with Crippen LogP contribution in [0.4, 0.5) is 0 Å². The van der Waals surface area contributed by atoms with E-state index >= 15 is 0 Å². The lowest BCUT2D eigenvalue weighted by Crippen LogP contribution is -2.33. The molecule has 28 heavy (non-hydrogen) atoms. The summed E-state index contributed by atoms with van der Waals surface area (Å²) in [6.45, 7) is 0. The first kappa shape index (κ1) is 17.1. The maximum Gasteiger partial charge on any atom is 0.264 e. The number of fused-ring (bicyclic) bond motifs is 2. The summed E-state index contributed by atoms with van der Waals surface area (Å²) in [5, 5.41) is 1.03. The molecular weight excluding hydrogens is 368 g/mol. The Morgan fingerprint density at radius 2 is 1.75 bits per heavy atom. The van der Waals surface area contributed by atoms with E-state index in [9.17, 15) is 8.42 Å². The smallest absolute Gasteiger partial charge is 0.264 e. The summed E-state index contributed by atoms with van der Waals surface area (Å²) in [4.78, 5) is 3.66. The summed E-state index contributed by atoms with van der Waals surface area (Å²) >= 11 is 0. The van der Waals surface area contributed by atoms with Crippen LogP contribution < -0.4 is 0 Å². The molecule has 0 saturated heterocycles. The number of aromatic nitrogens is 1. The van der Waals surface area contributed by atoms with Crippen LogP contribution >= 0.6 is 0 Å². The first-order valence-corrected chi connectivity index (χ1v) is 10.8. The Bertz CT molecular complexity index is 1250. The molecule has 4 nitrogen and oxygen atoms in total. The predicted octanol–water partition coefficient (Wildman–Crippen LogP) is 5.11.